The topological polar surface area (TPSA) is 83.3 Å². The molecular formula is C31H31NO4. The van der Waals surface area contributed by atoms with Crippen LogP contribution in [0.5, 0.6) is 5.75 Å². The first kappa shape index (κ1) is 23.9. The van der Waals surface area contributed by atoms with Gasteiger partial charge in [-0.2, -0.15) is 0 Å². The Hall–Kier alpha value is -3.86. The minimum absolute atomic E-state index is 0.0905. The van der Waals surface area contributed by atoms with Crippen LogP contribution in [-0.4, -0.2) is 15.9 Å². The second-order valence-corrected chi connectivity index (χ2v) is 11.7. The van der Waals surface area contributed by atoms with E-state index in [2.05, 4.69) is 46.5 Å². The fraction of sp³-hybridized carbons (Fsp3) is 0.290. The molecule has 5 heteroatoms. The Bertz CT molecular complexity index is 1550. The summed E-state index contributed by atoms with van der Waals surface area (Å²) in [5.41, 5.74) is 5.96. The zero-order valence-electron chi connectivity index (χ0n) is 21.5. The van der Waals surface area contributed by atoms with Crippen molar-refractivity contribution in [3.8, 4) is 5.75 Å². The number of allylic oxidation sites excluding steroid dienone is 1. The van der Waals surface area contributed by atoms with E-state index in [1.165, 1.54) is 0 Å². The van der Waals surface area contributed by atoms with E-state index >= 15 is 0 Å². The number of H-pyrrole nitrogens is 1. The van der Waals surface area contributed by atoms with Gasteiger partial charge in [0, 0.05) is 28.2 Å². The van der Waals surface area contributed by atoms with Crippen LogP contribution in [0.15, 0.2) is 69.4 Å². The molecule has 184 valence electrons. The van der Waals surface area contributed by atoms with Crippen molar-refractivity contribution in [2.24, 2.45) is 0 Å². The van der Waals surface area contributed by atoms with Crippen molar-refractivity contribution >= 4 is 23.0 Å². The number of carbonyl (C=O) groups is 1. The summed E-state index contributed by atoms with van der Waals surface area (Å²) in [5, 5.41) is 11.1. The number of Topliss-reactive ketones (excluding diaryl/α,β-unsaturated/α-hetero) is 1. The van der Waals surface area contributed by atoms with Gasteiger partial charge < -0.3 is 9.52 Å². The summed E-state index contributed by atoms with van der Waals surface area (Å²) in [6.07, 6.45) is 1.95. The molecule has 0 amide bonds. The summed E-state index contributed by atoms with van der Waals surface area (Å²) in [7, 11) is 0. The second kappa shape index (κ2) is 8.09. The zero-order valence-corrected chi connectivity index (χ0v) is 21.5. The van der Waals surface area contributed by atoms with E-state index in [4.69, 9.17) is 4.42 Å². The van der Waals surface area contributed by atoms with E-state index in [1.54, 1.807) is 6.07 Å². The molecule has 4 aromatic rings. The smallest absolute Gasteiger partial charge is 0.417 e. The van der Waals surface area contributed by atoms with Crippen molar-refractivity contribution in [2.75, 3.05) is 0 Å². The lowest BCUT2D eigenvalue weighted by Crippen LogP contribution is -2.17. The molecule has 1 aromatic heterocycles. The summed E-state index contributed by atoms with van der Waals surface area (Å²) < 4.78 is 5.24. The first-order valence-corrected chi connectivity index (χ1v) is 12.2. The van der Waals surface area contributed by atoms with Crippen LogP contribution >= 0.6 is 0 Å². The van der Waals surface area contributed by atoms with Crippen molar-refractivity contribution < 1.29 is 14.3 Å². The first-order chi connectivity index (χ1) is 16.8. The lowest BCUT2D eigenvalue weighted by molar-refractivity contribution is 0.103. The minimum Gasteiger partial charge on any atom is -0.507 e. The van der Waals surface area contributed by atoms with E-state index in [0.29, 0.717) is 28.0 Å². The highest BCUT2D eigenvalue weighted by atomic mass is 16.4. The molecule has 5 nitrogen and oxygen atoms in total. The van der Waals surface area contributed by atoms with Gasteiger partial charge in [-0.1, -0.05) is 71.9 Å². The summed E-state index contributed by atoms with van der Waals surface area (Å²) >= 11 is 0. The number of aromatic hydroxyl groups is 1. The van der Waals surface area contributed by atoms with Crippen LogP contribution in [-0.2, 0) is 10.8 Å². The Morgan fingerprint density at radius 1 is 0.889 bits per heavy atom. The predicted octanol–water partition coefficient (Wildman–Crippen LogP) is 6.83. The monoisotopic (exact) mass is 481 g/mol. The highest BCUT2D eigenvalue weighted by Gasteiger charge is 2.37. The summed E-state index contributed by atoms with van der Waals surface area (Å²) in [6, 6.07) is 17.4. The minimum atomic E-state index is -0.540. The Morgan fingerprint density at radius 3 is 2.08 bits per heavy atom. The third-order valence-corrected chi connectivity index (χ3v) is 6.92. The van der Waals surface area contributed by atoms with Crippen molar-refractivity contribution in [1.82, 2.24) is 4.98 Å². The zero-order chi connectivity index (χ0) is 26.0. The van der Waals surface area contributed by atoms with Gasteiger partial charge in [0.25, 0.3) is 0 Å². The van der Waals surface area contributed by atoms with E-state index in [0.717, 1.165) is 27.8 Å². The lowest BCUT2D eigenvalue weighted by atomic mass is 9.78. The number of ketones is 1. The van der Waals surface area contributed by atoms with Crippen molar-refractivity contribution in [3.05, 3.63) is 104 Å². The molecule has 3 aromatic carbocycles. The summed E-state index contributed by atoms with van der Waals surface area (Å²) in [5.74, 6) is -0.613. The van der Waals surface area contributed by atoms with Gasteiger partial charge in [-0.3, -0.25) is 9.78 Å². The molecule has 1 heterocycles. The highest BCUT2D eigenvalue weighted by molar-refractivity contribution is 6.18. The molecule has 0 fully saturated rings. The number of hydrogen-bond donors (Lipinski definition) is 2. The van der Waals surface area contributed by atoms with E-state index in [-0.39, 0.29) is 22.5 Å². The van der Waals surface area contributed by atoms with Crippen LogP contribution < -0.4 is 5.76 Å². The van der Waals surface area contributed by atoms with Gasteiger partial charge in [0.1, 0.15) is 5.75 Å². The molecule has 36 heavy (non-hydrogen) atoms. The van der Waals surface area contributed by atoms with Crippen LogP contribution in [0.2, 0.25) is 0 Å². The molecule has 0 saturated carbocycles. The number of rotatable bonds is 2. The number of carbonyl (C=O) groups excluding carboxylic acids is 1. The maximum atomic E-state index is 13.8. The largest absolute Gasteiger partial charge is 0.507 e. The maximum Gasteiger partial charge on any atom is 0.417 e. The summed E-state index contributed by atoms with van der Waals surface area (Å²) in [4.78, 5) is 28.3. The number of phenols is 1. The van der Waals surface area contributed by atoms with E-state index < -0.39 is 5.76 Å². The van der Waals surface area contributed by atoms with Gasteiger partial charge in [0.15, 0.2) is 11.4 Å². The molecule has 1 atom stereocenters. The molecule has 1 aliphatic rings. The molecule has 1 aliphatic carbocycles. The third kappa shape index (κ3) is 3.98. The average Bonchev–Trinajstić information content (AvgIpc) is 3.28. The number of nitrogens with one attached hydrogen (secondary N) is 1. The Morgan fingerprint density at radius 2 is 1.50 bits per heavy atom. The number of benzene rings is 3. The normalized spacial score (nSPS) is 17.2. The molecule has 0 saturated heterocycles. The number of hydrogen-bond acceptors (Lipinski definition) is 4. The van der Waals surface area contributed by atoms with Gasteiger partial charge in [-0.15, -0.1) is 0 Å². The quantitative estimate of drug-likeness (QED) is 0.307. The second-order valence-electron chi connectivity index (χ2n) is 11.7. The highest BCUT2D eigenvalue weighted by Crippen LogP contribution is 2.45. The molecule has 0 aliphatic heterocycles. The number of oxazole rings is 1. The van der Waals surface area contributed by atoms with Crippen molar-refractivity contribution in [1.29, 1.82) is 0 Å². The fourth-order valence-electron chi connectivity index (χ4n) is 5.12. The molecule has 1 unspecified atom stereocenters. The Kier molecular flexibility index (Phi) is 5.36. The molecule has 5 rings (SSSR count). The van der Waals surface area contributed by atoms with E-state index in [1.807, 2.05) is 54.6 Å². The lowest BCUT2D eigenvalue weighted by Gasteiger charge is -2.28. The van der Waals surface area contributed by atoms with Crippen LogP contribution in [0.25, 0.3) is 17.2 Å². The molecular weight excluding hydrogens is 450 g/mol. The third-order valence-electron chi connectivity index (χ3n) is 6.92. The van der Waals surface area contributed by atoms with Crippen LogP contribution in [0.4, 0.5) is 0 Å². The molecule has 0 bridgehead atoms. The number of aromatic nitrogens is 1. The Labute approximate surface area is 210 Å². The van der Waals surface area contributed by atoms with Crippen molar-refractivity contribution in [2.45, 2.75) is 58.3 Å². The predicted molar refractivity (Wildman–Crippen MR) is 143 cm³/mol. The average molecular weight is 482 g/mol. The van der Waals surface area contributed by atoms with Gasteiger partial charge in [-0.25, -0.2) is 4.79 Å². The van der Waals surface area contributed by atoms with Gasteiger partial charge in [0.2, 0.25) is 0 Å². The van der Waals surface area contributed by atoms with Crippen LogP contribution in [0.1, 0.15) is 85.6 Å². The first-order valence-electron chi connectivity index (χ1n) is 12.2. The standard InChI is InChI=1S/C31H31NO4/c1-30(2,3)22-13-17(14-23(28(22)34)31(4,5)6)12-21-26(18-10-8-7-9-11-18)19-15-24-25(36-29(35)32-24)16-20(19)27(21)33/h7-16,26,34H,1-6H3,(H,32,35). The molecule has 0 spiro atoms. The Balaban J connectivity index is 1.76. The van der Waals surface area contributed by atoms with Crippen LogP contribution in [0, 0.1) is 0 Å². The van der Waals surface area contributed by atoms with Crippen molar-refractivity contribution in [3.63, 3.8) is 0 Å². The van der Waals surface area contributed by atoms with Gasteiger partial charge in [0.05, 0.1) is 5.52 Å². The maximum absolute atomic E-state index is 13.8. The summed E-state index contributed by atoms with van der Waals surface area (Å²) in [6.45, 7) is 12.4. The SMILES string of the molecule is CC(C)(C)c1cc(C=C2C(=O)c3cc4oc(=O)[nH]c4cc3C2c2ccccc2)cc(C(C)(C)C)c1O. The van der Waals surface area contributed by atoms with Gasteiger partial charge in [-0.05, 0) is 57.9 Å². The molecule has 2 N–H and O–H groups in total. The number of phenolic OH excluding ortho intramolecular Hbond substituents is 1. The molecule has 0 radical (unpaired) electrons. The van der Waals surface area contributed by atoms with Gasteiger partial charge >= 0.3 is 5.76 Å². The van der Waals surface area contributed by atoms with Crippen LogP contribution in [0.3, 0.4) is 0 Å². The number of fused-ring (bicyclic) bond motifs is 2. The number of aromatic amines is 1. The van der Waals surface area contributed by atoms with E-state index in [9.17, 15) is 14.7 Å². The fourth-order valence-corrected chi connectivity index (χ4v) is 5.12.